The van der Waals surface area contributed by atoms with Gasteiger partial charge >= 0.3 is 0 Å². The predicted octanol–water partition coefficient (Wildman–Crippen LogP) is 8.08. The summed E-state index contributed by atoms with van der Waals surface area (Å²) >= 11 is 0. The van der Waals surface area contributed by atoms with E-state index < -0.39 is 0 Å². The van der Waals surface area contributed by atoms with Gasteiger partial charge in [-0.05, 0) is 55.3 Å². The molecule has 1 aliphatic carbocycles. The molecule has 0 N–H and O–H groups in total. The molecule has 0 spiro atoms. The van der Waals surface area contributed by atoms with Crippen molar-refractivity contribution in [3.63, 3.8) is 0 Å². The van der Waals surface area contributed by atoms with Crippen LogP contribution in [0.2, 0.25) is 0 Å². The van der Waals surface area contributed by atoms with Crippen molar-refractivity contribution >= 4 is 49.3 Å². The van der Waals surface area contributed by atoms with E-state index in [9.17, 15) is 0 Å². The average molecular weight is 411 g/mol. The lowest BCUT2D eigenvalue weighted by Gasteiger charge is -2.14. The lowest BCUT2D eigenvalue weighted by atomic mass is 10.1. The van der Waals surface area contributed by atoms with E-state index >= 15 is 0 Å². The molecule has 0 saturated carbocycles. The maximum Gasteiger partial charge on any atom is 0.0548 e. The fourth-order valence-electron chi connectivity index (χ4n) is 5.37. The highest BCUT2D eigenvalue weighted by atomic mass is 15.0. The van der Waals surface area contributed by atoms with E-state index in [1.807, 2.05) is 0 Å². The van der Waals surface area contributed by atoms with Crippen LogP contribution in [0.3, 0.4) is 0 Å². The van der Waals surface area contributed by atoms with Crippen molar-refractivity contribution < 1.29 is 0 Å². The smallest absolute Gasteiger partial charge is 0.0548 e. The van der Waals surface area contributed by atoms with E-state index in [2.05, 4.69) is 118 Å². The standard InChI is InChI=1S/C30H22N2/c1-3-11-21(12-4-1)31-27-17-9-7-15-23(27)25-20-30-26(19-29(25)31)24-16-8-10-18-28(24)32(30)22-13-5-2-6-14-22/h1-5,7-13,15-20H,6,14H2. The third kappa shape index (κ3) is 2.41. The average Bonchev–Trinajstić information content (AvgIpc) is 3.36. The van der Waals surface area contributed by atoms with Gasteiger partial charge in [0.25, 0.3) is 0 Å². The summed E-state index contributed by atoms with van der Waals surface area (Å²) in [4.78, 5) is 0. The van der Waals surface area contributed by atoms with E-state index in [1.54, 1.807) is 0 Å². The first kappa shape index (κ1) is 17.6. The Morgan fingerprint density at radius 2 is 1.12 bits per heavy atom. The van der Waals surface area contributed by atoms with E-state index in [4.69, 9.17) is 0 Å². The topological polar surface area (TPSA) is 9.86 Å². The van der Waals surface area contributed by atoms with Crippen molar-refractivity contribution in [3.05, 3.63) is 109 Å². The van der Waals surface area contributed by atoms with Gasteiger partial charge in [-0.15, -0.1) is 0 Å². The number of aromatic nitrogens is 2. The normalized spacial score (nSPS) is 14.1. The van der Waals surface area contributed by atoms with E-state index in [0.717, 1.165) is 12.8 Å². The molecular weight excluding hydrogens is 388 g/mol. The van der Waals surface area contributed by atoms with Gasteiger partial charge in [-0.1, -0.05) is 66.7 Å². The van der Waals surface area contributed by atoms with Crippen LogP contribution in [0.15, 0.2) is 109 Å². The van der Waals surface area contributed by atoms with Crippen molar-refractivity contribution in [2.45, 2.75) is 12.8 Å². The van der Waals surface area contributed by atoms with E-state index in [0.29, 0.717) is 0 Å². The first-order valence-corrected chi connectivity index (χ1v) is 11.3. The van der Waals surface area contributed by atoms with Gasteiger partial charge in [0.15, 0.2) is 0 Å². The largest absolute Gasteiger partial charge is 0.313 e. The number of allylic oxidation sites excluding steroid dienone is 4. The molecule has 4 aromatic carbocycles. The highest BCUT2D eigenvalue weighted by Gasteiger charge is 2.18. The second kappa shape index (κ2) is 6.73. The van der Waals surface area contributed by atoms with E-state index in [-0.39, 0.29) is 0 Å². The minimum absolute atomic E-state index is 1.06. The summed E-state index contributed by atoms with van der Waals surface area (Å²) in [6.07, 6.45) is 8.87. The molecule has 0 atom stereocenters. The molecule has 32 heavy (non-hydrogen) atoms. The van der Waals surface area contributed by atoms with Crippen LogP contribution in [0.4, 0.5) is 0 Å². The summed E-state index contributed by atoms with van der Waals surface area (Å²) in [5.41, 5.74) is 7.64. The number of hydrogen-bond acceptors (Lipinski definition) is 0. The summed E-state index contributed by atoms with van der Waals surface area (Å²) in [5, 5.41) is 5.21. The summed E-state index contributed by atoms with van der Waals surface area (Å²) in [7, 11) is 0. The molecule has 1 aliphatic rings. The van der Waals surface area contributed by atoms with Gasteiger partial charge in [-0.25, -0.2) is 0 Å². The van der Waals surface area contributed by atoms with Crippen molar-refractivity contribution in [1.29, 1.82) is 0 Å². The van der Waals surface area contributed by atoms with Gasteiger partial charge in [0.1, 0.15) is 0 Å². The zero-order valence-corrected chi connectivity index (χ0v) is 17.7. The quantitative estimate of drug-likeness (QED) is 0.273. The Bertz CT molecular complexity index is 1710. The van der Waals surface area contributed by atoms with Crippen LogP contribution in [0.5, 0.6) is 0 Å². The molecule has 0 saturated heterocycles. The van der Waals surface area contributed by atoms with Crippen LogP contribution in [-0.4, -0.2) is 9.13 Å². The lowest BCUT2D eigenvalue weighted by Crippen LogP contribution is -1.98. The molecular formula is C30H22N2. The molecule has 0 unspecified atom stereocenters. The molecule has 7 rings (SSSR count). The van der Waals surface area contributed by atoms with Crippen molar-refractivity contribution in [3.8, 4) is 5.69 Å². The Labute approximate surface area is 186 Å². The molecule has 2 heterocycles. The van der Waals surface area contributed by atoms with Gasteiger partial charge in [-0.3, -0.25) is 0 Å². The number of rotatable bonds is 2. The third-order valence-electron chi connectivity index (χ3n) is 6.76. The van der Waals surface area contributed by atoms with Crippen LogP contribution >= 0.6 is 0 Å². The molecule has 0 amide bonds. The third-order valence-corrected chi connectivity index (χ3v) is 6.76. The highest BCUT2D eigenvalue weighted by Crippen LogP contribution is 2.40. The van der Waals surface area contributed by atoms with Crippen LogP contribution in [-0.2, 0) is 0 Å². The van der Waals surface area contributed by atoms with Crippen LogP contribution in [0.25, 0.3) is 55.0 Å². The molecule has 6 aromatic rings. The molecule has 0 bridgehead atoms. The first-order valence-electron chi connectivity index (χ1n) is 11.3. The lowest BCUT2D eigenvalue weighted by molar-refractivity contribution is 0.979. The zero-order valence-electron chi connectivity index (χ0n) is 17.7. The predicted molar refractivity (Wildman–Crippen MR) is 136 cm³/mol. The van der Waals surface area contributed by atoms with E-state index in [1.165, 1.54) is 55.0 Å². The Morgan fingerprint density at radius 3 is 1.78 bits per heavy atom. The maximum absolute atomic E-state index is 2.47. The van der Waals surface area contributed by atoms with Gasteiger partial charge in [-0.2, -0.15) is 0 Å². The minimum atomic E-state index is 1.06. The highest BCUT2D eigenvalue weighted by molar-refractivity contribution is 6.19. The first-order chi connectivity index (χ1) is 15.9. The summed E-state index contributed by atoms with van der Waals surface area (Å²) in [5.74, 6) is 0. The summed E-state index contributed by atoms with van der Waals surface area (Å²) < 4.78 is 4.88. The number of fused-ring (bicyclic) bond motifs is 6. The summed E-state index contributed by atoms with van der Waals surface area (Å²) in [6, 6.07) is 33.1. The number of para-hydroxylation sites is 3. The SMILES string of the molecule is C1=CCCC(n2c3ccccc3c3cc4c(cc32)c2ccccc2n4-c2ccccc2)=C1. The second-order valence-corrected chi connectivity index (χ2v) is 8.55. The summed E-state index contributed by atoms with van der Waals surface area (Å²) in [6.45, 7) is 0. The number of benzene rings is 4. The van der Waals surface area contributed by atoms with Crippen LogP contribution < -0.4 is 0 Å². The molecule has 0 aliphatic heterocycles. The van der Waals surface area contributed by atoms with Gasteiger partial charge in [0.2, 0.25) is 0 Å². The Kier molecular flexibility index (Phi) is 3.71. The zero-order chi connectivity index (χ0) is 21.1. The van der Waals surface area contributed by atoms with Crippen molar-refractivity contribution in [2.24, 2.45) is 0 Å². The molecule has 152 valence electrons. The monoisotopic (exact) mass is 410 g/mol. The Morgan fingerprint density at radius 1 is 0.531 bits per heavy atom. The molecule has 0 fully saturated rings. The number of nitrogens with zero attached hydrogens (tertiary/aromatic N) is 2. The molecule has 2 nitrogen and oxygen atoms in total. The van der Waals surface area contributed by atoms with Crippen LogP contribution in [0, 0.1) is 0 Å². The fraction of sp³-hybridized carbons (Fsp3) is 0.0667. The van der Waals surface area contributed by atoms with Crippen LogP contribution in [0.1, 0.15) is 12.8 Å². The molecule has 0 radical (unpaired) electrons. The number of hydrogen-bond donors (Lipinski definition) is 0. The molecule has 2 aromatic heterocycles. The Hall–Kier alpha value is -4.04. The minimum Gasteiger partial charge on any atom is -0.313 e. The second-order valence-electron chi connectivity index (χ2n) is 8.55. The maximum atomic E-state index is 2.47. The van der Waals surface area contributed by atoms with Gasteiger partial charge in [0, 0.05) is 32.9 Å². The van der Waals surface area contributed by atoms with Gasteiger partial charge < -0.3 is 9.13 Å². The van der Waals surface area contributed by atoms with Crippen molar-refractivity contribution in [1.82, 2.24) is 9.13 Å². The Balaban J connectivity index is 1.68. The molecule has 2 heteroatoms. The van der Waals surface area contributed by atoms with Gasteiger partial charge in [0.05, 0.1) is 22.1 Å². The fourth-order valence-corrected chi connectivity index (χ4v) is 5.37. The van der Waals surface area contributed by atoms with Crippen molar-refractivity contribution in [2.75, 3.05) is 0 Å².